The topological polar surface area (TPSA) is 54.9 Å². The summed E-state index contributed by atoms with van der Waals surface area (Å²) in [4.78, 5) is 19.9. The minimum atomic E-state index is -0.287. The van der Waals surface area contributed by atoms with E-state index in [0.717, 1.165) is 24.1 Å². The minimum Gasteiger partial charge on any atom is -0.309 e. The van der Waals surface area contributed by atoms with Gasteiger partial charge in [0.25, 0.3) is 0 Å². The molecular weight excluding hydrogens is 257 g/mol. The fourth-order valence-corrected chi connectivity index (χ4v) is 1.87. The van der Waals surface area contributed by atoms with E-state index in [4.69, 9.17) is 0 Å². The van der Waals surface area contributed by atoms with Crippen molar-refractivity contribution < 1.29 is 9.18 Å². The molecule has 1 amide bonds. The zero-order valence-corrected chi connectivity index (χ0v) is 11.5. The SMILES string of the molecule is CCCc1nc(-c2ccc(F)cc2)cnc1NC(C)=O. The number of amides is 1. The summed E-state index contributed by atoms with van der Waals surface area (Å²) in [6.45, 7) is 3.47. The van der Waals surface area contributed by atoms with Crippen LogP contribution in [0.4, 0.5) is 10.2 Å². The smallest absolute Gasteiger partial charge is 0.222 e. The Morgan fingerprint density at radius 3 is 2.60 bits per heavy atom. The molecule has 0 aliphatic carbocycles. The van der Waals surface area contributed by atoms with Crippen LogP contribution in [0.5, 0.6) is 0 Å². The molecule has 20 heavy (non-hydrogen) atoms. The molecule has 0 fully saturated rings. The lowest BCUT2D eigenvalue weighted by atomic mass is 10.1. The quantitative estimate of drug-likeness (QED) is 0.930. The molecule has 0 radical (unpaired) electrons. The lowest BCUT2D eigenvalue weighted by Crippen LogP contribution is -2.11. The Hall–Kier alpha value is -2.30. The number of halogens is 1. The van der Waals surface area contributed by atoms with E-state index in [2.05, 4.69) is 15.3 Å². The summed E-state index contributed by atoms with van der Waals surface area (Å²) < 4.78 is 12.9. The van der Waals surface area contributed by atoms with E-state index in [1.807, 2.05) is 6.92 Å². The lowest BCUT2D eigenvalue weighted by Gasteiger charge is -2.09. The molecular formula is C15H16FN3O. The number of aryl methyl sites for hydroxylation is 1. The second kappa shape index (κ2) is 6.23. The molecule has 2 aromatic rings. The van der Waals surface area contributed by atoms with Gasteiger partial charge < -0.3 is 5.32 Å². The molecule has 1 aromatic carbocycles. The van der Waals surface area contributed by atoms with Crippen molar-refractivity contribution in [3.05, 3.63) is 42.0 Å². The van der Waals surface area contributed by atoms with Crippen molar-refractivity contribution >= 4 is 11.7 Å². The van der Waals surface area contributed by atoms with Crippen molar-refractivity contribution in [2.45, 2.75) is 26.7 Å². The maximum absolute atomic E-state index is 12.9. The van der Waals surface area contributed by atoms with Crippen molar-refractivity contribution in [3.63, 3.8) is 0 Å². The Morgan fingerprint density at radius 2 is 2.00 bits per heavy atom. The zero-order valence-electron chi connectivity index (χ0n) is 11.5. The summed E-state index contributed by atoms with van der Waals surface area (Å²) in [6, 6.07) is 6.09. The Morgan fingerprint density at radius 1 is 1.30 bits per heavy atom. The van der Waals surface area contributed by atoms with Crippen LogP contribution in [0.1, 0.15) is 26.0 Å². The Bertz CT molecular complexity index is 611. The van der Waals surface area contributed by atoms with Crippen LogP contribution in [-0.4, -0.2) is 15.9 Å². The van der Waals surface area contributed by atoms with Gasteiger partial charge in [0.2, 0.25) is 5.91 Å². The molecule has 0 unspecified atom stereocenters. The molecule has 4 nitrogen and oxygen atoms in total. The van der Waals surface area contributed by atoms with Crippen LogP contribution < -0.4 is 5.32 Å². The number of hydrogen-bond donors (Lipinski definition) is 1. The van der Waals surface area contributed by atoms with Crippen LogP contribution in [-0.2, 0) is 11.2 Å². The molecule has 0 saturated carbocycles. The number of benzene rings is 1. The first-order chi connectivity index (χ1) is 9.60. The predicted octanol–water partition coefficient (Wildman–Crippen LogP) is 3.19. The van der Waals surface area contributed by atoms with Crippen LogP contribution in [0.3, 0.4) is 0 Å². The van der Waals surface area contributed by atoms with Gasteiger partial charge in [-0.25, -0.2) is 14.4 Å². The van der Waals surface area contributed by atoms with Crippen molar-refractivity contribution in [2.75, 3.05) is 5.32 Å². The third-order valence-corrected chi connectivity index (χ3v) is 2.77. The molecule has 2 rings (SSSR count). The molecule has 1 aromatic heterocycles. The van der Waals surface area contributed by atoms with Gasteiger partial charge in [-0.1, -0.05) is 13.3 Å². The van der Waals surface area contributed by atoms with Crippen LogP contribution in [0.15, 0.2) is 30.5 Å². The van der Waals surface area contributed by atoms with E-state index in [9.17, 15) is 9.18 Å². The molecule has 0 atom stereocenters. The second-order valence-electron chi connectivity index (χ2n) is 4.49. The fourth-order valence-electron chi connectivity index (χ4n) is 1.87. The molecule has 1 N–H and O–H groups in total. The van der Waals surface area contributed by atoms with Crippen LogP contribution in [0.25, 0.3) is 11.3 Å². The van der Waals surface area contributed by atoms with Gasteiger partial charge in [-0.2, -0.15) is 0 Å². The van der Waals surface area contributed by atoms with Crippen molar-refractivity contribution in [2.24, 2.45) is 0 Å². The molecule has 1 heterocycles. The third kappa shape index (κ3) is 3.38. The Balaban J connectivity index is 2.38. The standard InChI is InChI=1S/C15H16FN3O/c1-3-4-13-15(18-10(2)20)17-9-14(19-13)11-5-7-12(16)8-6-11/h5-9H,3-4H2,1-2H3,(H,17,18,20). The number of nitrogens with one attached hydrogen (secondary N) is 1. The summed E-state index contributed by atoms with van der Waals surface area (Å²) in [6.07, 6.45) is 3.20. The van der Waals surface area contributed by atoms with E-state index in [1.165, 1.54) is 19.1 Å². The molecule has 104 valence electrons. The number of nitrogens with zero attached hydrogens (tertiary/aromatic N) is 2. The van der Waals surface area contributed by atoms with Crippen molar-refractivity contribution in [1.29, 1.82) is 0 Å². The maximum atomic E-state index is 12.9. The number of rotatable bonds is 4. The van der Waals surface area contributed by atoms with E-state index in [0.29, 0.717) is 11.5 Å². The highest BCUT2D eigenvalue weighted by Gasteiger charge is 2.09. The largest absolute Gasteiger partial charge is 0.309 e. The van der Waals surface area contributed by atoms with E-state index >= 15 is 0 Å². The summed E-state index contributed by atoms with van der Waals surface area (Å²) >= 11 is 0. The fraction of sp³-hybridized carbons (Fsp3) is 0.267. The first-order valence-corrected chi connectivity index (χ1v) is 6.49. The van der Waals surface area contributed by atoms with Crippen LogP contribution in [0, 0.1) is 5.82 Å². The van der Waals surface area contributed by atoms with Gasteiger partial charge in [-0.05, 0) is 30.7 Å². The molecule has 0 aliphatic heterocycles. The molecule has 0 spiro atoms. The number of anilines is 1. The van der Waals surface area contributed by atoms with E-state index in [1.54, 1.807) is 18.3 Å². The van der Waals surface area contributed by atoms with Gasteiger partial charge in [-0.3, -0.25) is 4.79 Å². The summed E-state index contributed by atoms with van der Waals surface area (Å²) in [5.41, 5.74) is 2.21. The van der Waals surface area contributed by atoms with Gasteiger partial charge in [0, 0.05) is 12.5 Å². The summed E-state index contributed by atoms with van der Waals surface area (Å²) in [5, 5.41) is 2.67. The predicted molar refractivity (Wildman–Crippen MR) is 75.7 cm³/mol. The molecule has 0 aliphatic rings. The minimum absolute atomic E-state index is 0.175. The van der Waals surface area contributed by atoms with Crippen LogP contribution >= 0.6 is 0 Å². The molecule has 0 bridgehead atoms. The number of carbonyl (C=O) groups is 1. The number of carbonyl (C=O) groups excluding carboxylic acids is 1. The lowest BCUT2D eigenvalue weighted by molar-refractivity contribution is -0.114. The first kappa shape index (κ1) is 14.1. The third-order valence-electron chi connectivity index (χ3n) is 2.77. The van der Waals surface area contributed by atoms with Gasteiger partial charge >= 0.3 is 0 Å². The van der Waals surface area contributed by atoms with Gasteiger partial charge in [-0.15, -0.1) is 0 Å². The van der Waals surface area contributed by atoms with Gasteiger partial charge in [0.15, 0.2) is 5.82 Å². The highest BCUT2D eigenvalue weighted by atomic mass is 19.1. The van der Waals surface area contributed by atoms with Gasteiger partial charge in [0.05, 0.1) is 17.6 Å². The first-order valence-electron chi connectivity index (χ1n) is 6.49. The Kier molecular flexibility index (Phi) is 4.40. The second-order valence-corrected chi connectivity index (χ2v) is 4.49. The van der Waals surface area contributed by atoms with E-state index < -0.39 is 0 Å². The summed E-state index contributed by atoms with van der Waals surface area (Å²) in [7, 11) is 0. The average molecular weight is 273 g/mol. The summed E-state index contributed by atoms with van der Waals surface area (Å²) in [5.74, 6) is 0.0294. The molecule has 5 heteroatoms. The normalized spacial score (nSPS) is 10.3. The van der Waals surface area contributed by atoms with Crippen LogP contribution in [0.2, 0.25) is 0 Å². The molecule has 0 saturated heterocycles. The van der Waals surface area contributed by atoms with E-state index in [-0.39, 0.29) is 11.7 Å². The number of hydrogen-bond acceptors (Lipinski definition) is 3. The Labute approximate surface area is 117 Å². The van der Waals surface area contributed by atoms with Gasteiger partial charge in [0.1, 0.15) is 5.82 Å². The average Bonchev–Trinajstić information content (AvgIpc) is 2.41. The number of aromatic nitrogens is 2. The monoisotopic (exact) mass is 273 g/mol. The zero-order chi connectivity index (χ0) is 14.5. The highest BCUT2D eigenvalue weighted by Crippen LogP contribution is 2.20. The highest BCUT2D eigenvalue weighted by molar-refractivity contribution is 5.88. The van der Waals surface area contributed by atoms with Crippen molar-refractivity contribution in [3.8, 4) is 11.3 Å². The van der Waals surface area contributed by atoms with Crippen molar-refractivity contribution in [1.82, 2.24) is 9.97 Å². The maximum Gasteiger partial charge on any atom is 0.222 e.